The Bertz CT molecular complexity index is 685. The molecule has 1 aromatic rings. The fourth-order valence-corrected chi connectivity index (χ4v) is 5.04. The number of nitrogens with zero attached hydrogens (tertiary/aromatic N) is 3. The van der Waals surface area contributed by atoms with Crippen LogP contribution in [-0.4, -0.2) is 45.4 Å². The van der Waals surface area contributed by atoms with Gasteiger partial charge in [-0.25, -0.2) is 4.79 Å². The molecule has 2 N–H and O–H groups in total. The molecular formula is C16H23N5O3S2. The number of thioether (sulfide) groups is 1. The van der Waals surface area contributed by atoms with Crippen LogP contribution in [-0.2, 0) is 9.59 Å². The summed E-state index contributed by atoms with van der Waals surface area (Å²) >= 11 is 2.53. The zero-order valence-electron chi connectivity index (χ0n) is 14.9. The van der Waals surface area contributed by atoms with Crippen molar-refractivity contribution in [1.29, 1.82) is 0 Å². The van der Waals surface area contributed by atoms with Gasteiger partial charge >= 0.3 is 6.03 Å². The third-order valence-corrected chi connectivity index (χ3v) is 6.53. The van der Waals surface area contributed by atoms with E-state index in [1.165, 1.54) is 30.0 Å². The number of nitrogens with one attached hydrogen (secondary N) is 2. The van der Waals surface area contributed by atoms with Crippen molar-refractivity contribution in [3.8, 4) is 0 Å². The summed E-state index contributed by atoms with van der Waals surface area (Å²) < 4.78 is 0.603. The molecule has 0 bridgehead atoms. The molecular weight excluding hydrogens is 374 g/mol. The molecule has 1 atom stereocenters. The minimum atomic E-state index is -0.489. The van der Waals surface area contributed by atoms with Crippen LogP contribution in [0.15, 0.2) is 4.34 Å². The van der Waals surface area contributed by atoms with Crippen LogP contribution >= 0.6 is 23.1 Å². The smallest absolute Gasteiger partial charge is 0.321 e. The van der Waals surface area contributed by atoms with Gasteiger partial charge in [0, 0.05) is 19.0 Å². The molecule has 0 saturated heterocycles. The highest BCUT2D eigenvalue weighted by atomic mass is 32.2. The predicted molar refractivity (Wildman–Crippen MR) is 100 cm³/mol. The van der Waals surface area contributed by atoms with Crippen LogP contribution in [0.25, 0.3) is 0 Å². The monoisotopic (exact) mass is 397 g/mol. The maximum Gasteiger partial charge on any atom is 0.321 e. The van der Waals surface area contributed by atoms with E-state index in [-0.39, 0.29) is 23.9 Å². The van der Waals surface area contributed by atoms with Crippen molar-refractivity contribution in [1.82, 2.24) is 20.8 Å². The van der Waals surface area contributed by atoms with Crippen molar-refractivity contribution >= 4 is 46.1 Å². The lowest BCUT2D eigenvalue weighted by Gasteiger charge is -2.15. The number of rotatable bonds is 6. The van der Waals surface area contributed by atoms with Crippen LogP contribution in [0.2, 0.25) is 0 Å². The van der Waals surface area contributed by atoms with E-state index in [1.54, 1.807) is 11.8 Å². The number of carbonyl (C=O) groups is 3. The number of anilines is 1. The Labute approximate surface area is 160 Å². The van der Waals surface area contributed by atoms with E-state index in [0.29, 0.717) is 9.47 Å². The van der Waals surface area contributed by atoms with Gasteiger partial charge in [-0.3, -0.25) is 19.8 Å². The predicted octanol–water partition coefficient (Wildman–Crippen LogP) is 2.30. The highest BCUT2D eigenvalue weighted by Gasteiger charge is 2.34. The van der Waals surface area contributed by atoms with E-state index in [9.17, 15) is 14.4 Å². The lowest BCUT2D eigenvalue weighted by Crippen LogP contribution is -2.45. The quantitative estimate of drug-likeness (QED) is 0.564. The topological polar surface area (TPSA) is 104 Å². The minimum absolute atomic E-state index is 0.0467. The Hall–Kier alpha value is -1.68. The van der Waals surface area contributed by atoms with Crippen LogP contribution in [0.3, 0.4) is 0 Å². The molecule has 2 fully saturated rings. The first-order valence-electron chi connectivity index (χ1n) is 8.85. The van der Waals surface area contributed by atoms with Crippen LogP contribution in [0, 0.1) is 0 Å². The molecule has 1 unspecified atom stereocenters. The number of hydrogen-bond donors (Lipinski definition) is 2. The first-order valence-corrected chi connectivity index (χ1v) is 10.5. The summed E-state index contributed by atoms with van der Waals surface area (Å²) in [5.41, 5.74) is 0. The average Bonchev–Trinajstić information content (AvgIpc) is 3.06. The van der Waals surface area contributed by atoms with E-state index in [4.69, 9.17) is 0 Å². The van der Waals surface area contributed by atoms with Crippen molar-refractivity contribution in [2.75, 3.05) is 4.90 Å². The molecule has 4 amide bonds. The van der Waals surface area contributed by atoms with Gasteiger partial charge in [-0.05, 0) is 32.6 Å². The van der Waals surface area contributed by atoms with Gasteiger partial charge in [0.2, 0.25) is 16.9 Å². The van der Waals surface area contributed by atoms with Crippen LogP contribution < -0.4 is 15.5 Å². The van der Waals surface area contributed by atoms with Crippen LogP contribution in [0.5, 0.6) is 0 Å². The summed E-state index contributed by atoms with van der Waals surface area (Å²) in [6.07, 6.45) is 6.12. The minimum Gasteiger partial charge on any atom is -0.335 e. The van der Waals surface area contributed by atoms with Crippen molar-refractivity contribution in [3.05, 3.63) is 0 Å². The number of urea groups is 1. The maximum atomic E-state index is 12.2. The second-order valence-corrected chi connectivity index (χ2v) is 9.22. The molecule has 0 radical (unpaired) electrons. The molecule has 1 aromatic heterocycles. The fraction of sp³-hybridized carbons (Fsp3) is 0.688. The summed E-state index contributed by atoms with van der Waals surface area (Å²) in [4.78, 5) is 37.5. The number of aromatic nitrogens is 2. The second kappa shape index (κ2) is 8.34. The van der Waals surface area contributed by atoms with Gasteiger partial charge < -0.3 is 5.32 Å². The molecule has 142 valence electrons. The Morgan fingerprint density at radius 1 is 1.19 bits per heavy atom. The van der Waals surface area contributed by atoms with Crippen LogP contribution in [0.4, 0.5) is 9.93 Å². The molecule has 8 nitrogen and oxygen atoms in total. The first-order chi connectivity index (χ1) is 12.4. The lowest BCUT2D eigenvalue weighted by atomic mass is 10.2. The number of carbonyl (C=O) groups excluding carboxylic acids is 3. The summed E-state index contributed by atoms with van der Waals surface area (Å²) in [6.45, 7) is 3.24. The number of hydrogen-bond acceptors (Lipinski definition) is 7. The fourth-order valence-electron chi connectivity index (χ4n) is 2.94. The highest BCUT2D eigenvalue weighted by Crippen LogP contribution is 2.36. The SMILES string of the molecule is CC(=O)N(c1nnc(SC(C)C(=O)NC(=O)NC2CCCC2)s1)C1CC1. The Morgan fingerprint density at radius 3 is 2.50 bits per heavy atom. The average molecular weight is 398 g/mol. The van der Waals surface area contributed by atoms with Crippen molar-refractivity contribution in [2.24, 2.45) is 0 Å². The normalized spacial score (nSPS) is 18.4. The first kappa shape index (κ1) is 19.1. The summed E-state index contributed by atoms with van der Waals surface area (Å²) in [5.74, 6) is -0.414. The largest absolute Gasteiger partial charge is 0.335 e. The molecule has 1 heterocycles. The number of imide groups is 1. The van der Waals surface area contributed by atoms with Gasteiger partial charge in [-0.15, -0.1) is 10.2 Å². The molecule has 26 heavy (non-hydrogen) atoms. The van der Waals surface area contributed by atoms with Crippen LogP contribution in [0.1, 0.15) is 52.4 Å². The maximum absolute atomic E-state index is 12.2. The molecule has 2 saturated carbocycles. The van der Waals surface area contributed by atoms with E-state index in [0.717, 1.165) is 38.5 Å². The molecule has 2 aliphatic carbocycles. The third kappa shape index (κ3) is 4.94. The summed E-state index contributed by atoms with van der Waals surface area (Å²) in [6, 6.07) is -0.0569. The van der Waals surface area contributed by atoms with Gasteiger partial charge in [0.05, 0.1) is 5.25 Å². The summed E-state index contributed by atoms with van der Waals surface area (Å²) in [7, 11) is 0. The Kier molecular flexibility index (Phi) is 6.13. The zero-order chi connectivity index (χ0) is 18.7. The molecule has 3 rings (SSSR count). The zero-order valence-corrected chi connectivity index (χ0v) is 16.5. The molecule has 10 heteroatoms. The van der Waals surface area contributed by atoms with Crippen molar-refractivity contribution in [3.63, 3.8) is 0 Å². The van der Waals surface area contributed by atoms with Crippen molar-refractivity contribution < 1.29 is 14.4 Å². The second-order valence-electron chi connectivity index (χ2n) is 6.67. The standard InChI is InChI=1S/C16H23N5O3S2/c1-9(13(23)18-14(24)17-11-5-3-4-6-11)25-16-20-19-15(26-16)21(10(2)22)12-7-8-12/h9,11-12H,3-8H2,1-2H3,(H2,17,18,23,24). The van der Waals surface area contributed by atoms with E-state index in [2.05, 4.69) is 20.8 Å². The molecule has 0 spiro atoms. The molecule has 2 aliphatic rings. The third-order valence-electron chi connectivity index (χ3n) is 4.43. The van der Waals surface area contributed by atoms with Gasteiger partial charge in [0.25, 0.3) is 0 Å². The highest BCUT2D eigenvalue weighted by molar-refractivity contribution is 8.02. The van der Waals surface area contributed by atoms with E-state index in [1.807, 2.05) is 0 Å². The van der Waals surface area contributed by atoms with Gasteiger partial charge in [0.1, 0.15) is 0 Å². The lowest BCUT2D eigenvalue weighted by molar-refractivity contribution is -0.119. The molecule has 0 aromatic carbocycles. The van der Waals surface area contributed by atoms with E-state index < -0.39 is 11.3 Å². The Morgan fingerprint density at radius 2 is 1.88 bits per heavy atom. The van der Waals surface area contributed by atoms with Crippen molar-refractivity contribution in [2.45, 2.75) is 74.0 Å². The summed E-state index contributed by atoms with van der Waals surface area (Å²) in [5, 5.41) is 13.4. The number of amides is 4. The Balaban J connectivity index is 1.50. The van der Waals surface area contributed by atoms with E-state index >= 15 is 0 Å². The van der Waals surface area contributed by atoms with Gasteiger partial charge in [0.15, 0.2) is 4.34 Å². The van der Waals surface area contributed by atoms with Gasteiger partial charge in [-0.2, -0.15) is 0 Å². The molecule has 0 aliphatic heterocycles. The van der Waals surface area contributed by atoms with Gasteiger partial charge in [-0.1, -0.05) is 35.9 Å².